The Hall–Kier alpha value is -2.66. The number of nitrogens with zero attached hydrogens (tertiary/aromatic N) is 1. The Balaban J connectivity index is 1.84. The van der Waals surface area contributed by atoms with E-state index in [9.17, 15) is 0 Å². The number of alkyl halides is 1. The summed E-state index contributed by atoms with van der Waals surface area (Å²) in [4.78, 5) is 4.55. The first-order chi connectivity index (χ1) is 12.7. The molecule has 3 rings (SSSR count). The van der Waals surface area contributed by atoms with E-state index in [0.29, 0.717) is 34.8 Å². The summed E-state index contributed by atoms with van der Waals surface area (Å²) < 4.78 is 22.5. The van der Waals surface area contributed by atoms with E-state index >= 15 is 0 Å². The number of aromatic nitrogens is 1. The second-order valence-electron chi connectivity index (χ2n) is 5.64. The summed E-state index contributed by atoms with van der Waals surface area (Å²) >= 11 is 5.92. The van der Waals surface area contributed by atoms with Crippen LogP contribution in [0.5, 0.6) is 17.2 Å². The molecule has 0 aliphatic carbocycles. The predicted molar refractivity (Wildman–Crippen MR) is 100 cm³/mol. The first kappa shape index (κ1) is 18.1. The zero-order chi connectivity index (χ0) is 18.5. The van der Waals surface area contributed by atoms with Gasteiger partial charge in [-0.3, -0.25) is 0 Å². The summed E-state index contributed by atoms with van der Waals surface area (Å²) in [6, 6.07) is 13.4. The van der Waals surface area contributed by atoms with E-state index in [1.165, 1.54) is 0 Å². The first-order valence-corrected chi connectivity index (χ1v) is 8.65. The topological polar surface area (TPSA) is 53.7 Å². The molecule has 0 bridgehead atoms. The second-order valence-corrected chi connectivity index (χ2v) is 5.91. The average molecular weight is 374 g/mol. The molecule has 0 aliphatic heterocycles. The van der Waals surface area contributed by atoms with Crippen molar-refractivity contribution in [2.75, 3.05) is 14.2 Å². The van der Waals surface area contributed by atoms with Crippen molar-refractivity contribution in [2.45, 2.75) is 19.4 Å². The number of methoxy groups -OCH3 is 2. The molecular weight excluding hydrogens is 354 g/mol. The molecule has 0 saturated carbocycles. The maximum atomic E-state index is 5.95. The van der Waals surface area contributed by atoms with Crippen molar-refractivity contribution in [3.8, 4) is 28.7 Å². The Labute approximate surface area is 157 Å². The highest BCUT2D eigenvalue weighted by Gasteiger charge is 2.17. The van der Waals surface area contributed by atoms with E-state index in [1.807, 2.05) is 49.4 Å². The van der Waals surface area contributed by atoms with Crippen molar-refractivity contribution in [1.82, 2.24) is 4.98 Å². The lowest BCUT2D eigenvalue weighted by molar-refractivity contribution is 0.261. The number of hydrogen-bond acceptors (Lipinski definition) is 5. The summed E-state index contributed by atoms with van der Waals surface area (Å²) in [6.45, 7) is 2.10. The molecule has 0 spiro atoms. The van der Waals surface area contributed by atoms with Gasteiger partial charge in [-0.15, -0.1) is 11.6 Å². The molecule has 1 heterocycles. The van der Waals surface area contributed by atoms with Gasteiger partial charge in [-0.2, -0.15) is 0 Å². The fourth-order valence-electron chi connectivity index (χ4n) is 2.56. The minimum atomic E-state index is 0.231. The van der Waals surface area contributed by atoms with E-state index in [1.54, 1.807) is 14.2 Å². The van der Waals surface area contributed by atoms with Gasteiger partial charge >= 0.3 is 0 Å². The van der Waals surface area contributed by atoms with Crippen molar-refractivity contribution >= 4 is 11.6 Å². The molecule has 5 nitrogen and oxygen atoms in total. The van der Waals surface area contributed by atoms with Crippen LogP contribution in [0.25, 0.3) is 11.5 Å². The van der Waals surface area contributed by atoms with Crippen molar-refractivity contribution in [1.29, 1.82) is 0 Å². The summed E-state index contributed by atoms with van der Waals surface area (Å²) in [6.07, 6.45) is 0. The molecule has 0 aliphatic rings. The zero-order valence-electron chi connectivity index (χ0n) is 14.9. The van der Waals surface area contributed by atoms with E-state index in [0.717, 1.165) is 16.8 Å². The van der Waals surface area contributed by atoms with Gasteiger partial charge in [-0.25, -0.2) is 4.98 Å². The smallest absolute Gasteiger partial charge is 0.226 e. The Morgan fingerprint density at radius 1 is 1.04 bits per heavy atom. The highest BCUT2D eigenvalue weighted by molar-refractivity contribution is 6.17. The molecule has 6 heteroatoms. The summed E-state index contributed by atoms with van der Waals surface area (Å²) in [5.41, 5.74) is 2.52. The fourth-order valence-corrected chi connectivity index (χ4v) is 2.71. The Morgan fingerprint density at radius 2 is 1.69 bits per heavy atom. The van der Waals surface area contributed by atoms with Gasteiger partial charge in [0.1, 0.15) is 18.1 Å². The number of oxazole rings is 1. The van der Waals surface area contributed by atoms with Crippen LogP contribution < -0.4 is 14.2 Å². The van der Waals surface area contributed by atoms with Gasteiger partial charge in [0.15, 0.2) is 11.5 Å². The van der Waals surface area contributed by atoms with Crippen LogP contribution >= 0.6 is 11.6 Å². The average Bonchev–Trinajstić information content (AvgIpc) is 3.07. The van der Waals surface area contributed by atoms with Gasteiger partial charge in [0.2, 0.25) is 11.6 Å². The normalized spacial score (nSPS) is 10.6. The molecule has 0 fully saturated rings. The van der Waals surface area contributed by atoms with Gasteiger partial charge in [0.05, 0.1) is 14.2 Å². The Kier molecular flexibility index (Phi) is 5.68. The van der Waals surface area contributed by atoms with E-state index in [-0.39, 0.29) is 6.61 Å². The van der Waals surface area contributed by atoms with E-state index < -0.39 is 0 Å². The van der Waals surface area contributed by atoms with Gasteiger partial charge < -0.3 is 18.6 Å². The van der Waals surface area contributed by atoms with Crippen LogP contribution in [0.1, 0.15) is 17.0 Å². The van der Waals surface area contributed by atoms with Gasteiger partial charge in [0.25, 0.3) is 0 Å². The Bertz CT molecular complexity index is 852. The molecule has 0 radical (unpaired) electrons. The number of ether oxygens (including phenoxy) is 3. The molecule has 136 valence electrons. The molecule has 0 atom stereocenters. The lowest BCUT2D eigenvalue weighted by Gasteiger charge is -2.15. The molecule has 26 heavy (non-hydrogen) atoms. The molecular formula is C20H20ClNO4. The third-order valence-corrected chi connectivity index (χ3v) is 4.25. The number of aryl methyl sites for hydroxylation is 1. The molecule has 2 aromatic carbocycles. The van der Waals surface area contributed by atoms with Gasteiger partial charge in [0, 0.05) is 11.4 Å². The van der Waals surface area contributed by atoms with Crippen molar-refractivity contribution in [3.05, 3.63) is 59.5 Å². The van der Waals surface area contributed by atoms with Crippen LogP contribution in [0.2, 0.25) is 0 Å². The van der Waals surface area contributed by atoms with Crippen molar-refractivity contribution in [3.63, 3.8) is 0 Å². The van der Waals surface area contributed by atoms with Crippen LogP contribution in [-0.4, -0.2) is 19.2 Å². The van der Waals surface area contributed by atoms with E-state index in [4.69, 9.17) is 30.2 Å². The third-order valence-electron chi connectivity index (χ3n) is 3.94. The largest absolute Gasteiger partial charge is 0.493 e. The molecule has 1 aromatic heterocycles. The van der Waals surface area contributed by atoms with Crippen LogP contribution in [-0.2, 0) is 12.5 Å². The predicted octanol–water partition coefficient (Wildman–Crippen LogP) is 4.99. The monoisotopic (exact) mass is 373 g/mol. The summed E-state index contributed by atoms with van der Waals surface area (Å²) in [5, 5.41) is 0. The maximum absolute atomic E-state index is 5.95. The number of benzene rings is 2. The molecule has 0 N–H and O–H groups in total. The molecule has 0 amide bonds. The van der Waals surface area contributed by atoms with Crippen LogP contribution in [0.3, 0.4) is 0 Å². The molecule has 0 saturated heterocycles. The van der Waals surface area contributed by atoms with Crippen LogP contribution in [0.4, 0.5) is 0 Å². The standard InChI is InChI=1S/C20H20ClNO4/c1-13-16(22-20(26-13)15-7-5-4-6-8-15)12-25-19-17(23-2)9-14(11-21)10-18(19)24-3/h4-10H,11-12H2,1-3H3. The van der Waals surface area contributed by atoms with Gasteiger partial charge in [-0.1, -0.05) is 18.2 Å². The summed E-state index contributed by atoms with van der Waals surface area (Å²) in [7, 11) is 3.16. The number of rotatable bonds is 7. The highest BCUT2D eigenvalue weighted by atomic mass is 35.5. The minimum Gasteiger partial charge on any atom is -0.493 e. The van der Waals surface area contributed by atoms with Crippen LogP contribution in [0, 0.1) is 6.92 Å². The summed E-state index contributed by atoms with van der Waals surface area (Å²) in [5.74, 6) is 3.26. The maximum Gasteiger partial charge on any atom is 0.226 e. The second kappa shape index (κ2) is 8.15. The zero-order valence-corrected chi connectivity index (χ0v) is 15.7. The van der Waals surface area contributed by atoms with E-state index in [2.05, 4.69) is 4.98 Å². The third kappa shape index (κ3) is 3.78. The molecule has 3 aromatic rings. The lowest BCUT2D eigenvalue weighted by atomic mass is 10.2. The number of halogens is 1. The van der Waals surface area contributed by atoms with Gasteiger partial charge in [-0.05, 0) is 36.8 Å². The lowest BCUT2D eigenvalue weighted by Crippen LogP contribution is -2.02. The minimum absolute atomic E-state index is 0.231. The van der Waals surface area contributed by atoms with Crippen molar-refractivity contribution in [2.24, 2.45) is 0 Å². The fraction of sp³-hybridized carbons (Fsp3) is 0.250. The van der Waals surface area contributed by atoms with Crippen LogP contribution in [0.15, 0.2) is 46.9 Å². The molecule has 0 unspecified atom stereocenters. The SMILES string of the molecule is COc1cc(CCl)cc(OC)c1OCc1nc(-c2ccccc2)oc1C. The quantitative estimate of drug-likeness (QED) is 0.546. The Morgan fingerprint density at radius 3 is 2.27 bits per heavy atom. The van der Waals surface area contributed by atoms with Crippen molar-refractivity contribution < 1.29 is 18.6 Å². The first-order valence-electron chi connectivity index (χ1n) is 8.11. The highest BCUT2D eigenvalue weighted by Crippen LogP contribution is 2.39. The number of hydrogen-bond donors (Lipinski definition) is 0.